The second-order valence-electron chi connectivity index (χ2n) is 7.79. The van der Waals surface area contributed by atoms with Crippen LogP contribution in [0, 0.1) is 20.8 Å². The number of aryl methyl sites for hydroxylation is 3. The second kappa shape index (κ2) is 7.42. The van der Waals surface area contributed by atoms with Gasteiger partial charge in [-0.05, 0) is 61.7 Å². The van der Waals surface area contributed by atoms with E-state index in [2.05, 4.69) is 4.98 Å². The van der Waals surface area contributed by atoms with Crippen LogP contribution in [-0.2, 0) is 4.79 Å². The Morgan fingerprint density at radius 2 is 2.00 bits per heavy atom. The summed E-state index contributed by atoms with van der Waals surface area (Å²) in [5, 5.41) is 11.2. The molecule has 4 aromatic rings. The van der Waals surface area contributed by atoms with Gasteiger partial charge >= 0.3 is 0 Å². The van der Waals surface area contributed by atoms with Gasteiger partial charge in [0.2, 0.25) is 5.78 Å². The predicted octanol–water partition coefficient (Wildman–Crippen LogP) is 4.99. The molecule has 0 fully saturated rings. The zero-order valence-electron chi connectivity index (χ0n) is 17.6. The molecule has 1 atom stereocenters. The Morgan fingerprint density at radius 1 is 1.19 bits per heavy atom. The topological polar surface area (TPSA) is 96.5 Å². The standard InChI is InChI=1S/C24H19N3O4S/c1-12-9-13(2)19-17(10-12)32-24(26-19)27-20(15-5-4-8-25-11-15)18(22(29)23(27)30)21(28)16-7-6-14(3)31-16/h4-11,20,29H,1-3H3/t20-/m0/s1. The Bertz CT molecular complexity index is 1420. The van der Waals surface area contributed by atoms with Crippen molar-refractivity contribution in [3.63, 3.8) is 0 Å². The van der Waals surface area contributed by atoms with Crippen LogP contribution >= 0.6 is 11.3 Å². The van der Waals surface area contributed by atoms with Crippen molar-refractivity contribution in [2.24, 2.45) is 0 Å². The van der Waals surface area contributed by atoms with Gasteiger partial charge in [0, 0.05) is 12.4 Å². The molecular formula is C24H19N3O4S. The van der Waals surface area contributed by atoms with Gasteiger partial charge in [0.1, 0.15) is 5.76 Å². The lowest BCUT2D eigenvalue weighted by molar-refractivity contribution is -0.117. The number of ketones is 1. The first-order chi connectivity index (χ1) is 15.3. The Hall–Kier alpha value is -3.78. The smallest absolute Gasteiger partial charge is 0.296 e. The molecule has 0 spiro atoms. The maximum Gasteiger partial charge on any atom is 0.296 e. The number of rotatable bonds is 4. The molecule has 1 amide bonds. The molecule has 1 aliphatic rings. The number of aliphatic hydroxyl groups is 1. The van der Waals surface area contributed by atoms with Gasteiger partial charge in [0.15, 0.2) is 16.7 Å². The zero-order chi connectivity index (χ0) is 22.6. The molecule has 160 valence electrons. The van der Waals surface area contributed by atoms with E-state index in [0.29, 0.717) is 16.5 Å². The molecule has 0 radical (unpaired) electrons. The number of nitrogens with zero attached hydrogens (tertiary/aromatic N) is 3. The Balaban J connectivity index is 1.69. The van der Waals surface area contributed by atoms with Crippen molar-refractivity contribution in [3.05, 3.63) is 88.3 Å². The third-order valence-electron chi connectivity index (χ3n) is 5.44. The molecule has 1 N–H and O–H groups in total. The highest BCUT2D eigenvalue weighted by Gasteiger charge is 2.46. The number of fused-ring (bicyclic) bond motifs is 1. The number of benzene rings is 1. The summed E-state index contributed by atoms with van der Waals surface area (Å²) in [7, 11) is 0. The Labute approximate surface area is 187 Å². The summed E-state index contributed by atoms with van der Waals surface area (Å²) >= 11 is 1.34. The van der Waals surface area contributed by atoms with E-state index in [4.69, 9.17) is 9.40 Å². The average molecular weight is 446 g/mol. The number of carbonyl (C=O) groups is 2. The summed E-state index contributed by atoms with van der Waals surface area (Å²) in [5.41, 5.74) is 3.40. The largest absolute Gasteiger partial charge is 0.503 e. The molecule has 0 bridgehead atoms. The van der Waals surface area contributed by atoms with Crippen molar-refractivity contribution in [1.82, 2.24) is 9.97 Å². The summed E-state index contributed by atoms with van der Waals surface area (Å²) in [4.78, 5) is 36.8. The summed E-state index contributed by atoms with van der Waals surface area (Å²) in [6, 6.07) is 9.84. The minimum atomic E-state index is -0.879. The molecule has 5 rings (SSSR count). The Morgan fingerprint density at radius 3 is 2.69 bits per heavy atom. The number of Topliss-reactive ketones (excluding diaryl/α,β-unsaturated/α-hetero) is 1. The van der Waals surface area contributed by atoms with E-state index >= 15 is 0 Å². The maximum absolute atomic E-state index is 13.3. The molecule has 0 saturated heterocycles. The van der Waals surface area contributed by atoms with Crippen LogP contribution in [0.2, 0.25) is 0 Å². The van der Waals surface area contributed by atoms with Crippen molar-refractivity contribution in [2.75, 3.05) is 4.90 Å². The van der Waals surface area contributed by atoms with Gasteiger partial charge in [-0.1, -0.05) is 23.5 Å². The van der Waals surface area contributed by atoms with Crippen molar-refractivity contribution in [1.29, 1.82) is 0 Å². The van der Waals surface area contributed by atoms with Crippen LogP contribution in [-0.4, -0.2) is 26.8 Å². The molecule has 3 aromatic heterocycles. The van der Waals surface area contributed by atoms with Crippen LogP contribution < -0.4 is 4.90 Å². The van der Waals surface area contributed by atoms with Crippen LogP contribution in [0.3, 0.4) is 0 Å². The fourth-order valence-electron chi connectivity index (χ4n) is 4.04. The number of hydrogen-bond acceptors (Lipinski definition) is 7. The lowest BCUT2D eigenvalue weighted by Gasteiger charge is -2.23. The number of hydrogen-bond donors (Lipinski definition) is 1. The normalized spacial score (nSPS) is 16.4. The molecule has 0 saturated carbocycles. The highest BCUT2D eigenvalue weighted by molar-refractivity contribution is 7.22. The van der Waals surface area contributed by atoms with Crippen LogP contribution in [0.1, 0.15) is 39.0 Å². The summed E-state index contributed by atoms with van der Waals surface area (Å²) in [6.07, 6.45) is 3.18. The minimum absolute atomic E-state index is 0.0514. The van der Waals surface area contributed by atoms with Crippen molar-refractivity contribution < 1.29 is 19.1 Å². The third kappa shape index (κ3) is 3.11. The summed E-state index contributed by atoms with van der Waals surface area (Å²) in [5.74, 6) is -1.22. The van der Waals surface area contributed by atoms with Gasteiger partial charge < -0.3 is 9.52 Å². The second-order valence-corrected chi connectivity index (χ2v) is 8.80. The van der Waals surface area contributed by atoms with E-state index in [1.165, 1.54) is 22.3 Å². The number of furan rings is 1. The van der Waals surface area contributed by atoms with Crippen LogP contribution in [0.5, 0.6) is 0 Å². The van der Waals surface area contributed by atoms with Crippen molar-refractivity contribution in [3.8, 4) is 0 Å². The molecule has 8 heteroatoms. The van der Waals surface area contributed by atoms with Crippen LogP contribution in [0.4, 0.5) is 5.13 Å². The van der Waals surface area contributed by atoms with Crippen LogP contribution in [0.15, 0.2) is 64.5 Å². The van der Waals surface area contributed by atoms with E-state index in [1.807, 2.05) is 26.0 Å². The number of pyridine rings is 1. The van der Waals surface area contributed by atoms with Gasteiger partial charge in [0.05, 0.1) is 21.8 Å². The quantitative estimate of drug-likeness (QED) is 0.445. The number of amides is 1. The first-order valence-electron chi connectivity index (χ1n) is 10.0. The molecular weight excluding hydrogens is 426 g/mol. The molecule has 0 unspecified atom stereocenters. The molecule has 0 aliphatic carbocycles. The van der Waals surface area contributed by atoms with E-state index in [1.54, 1.807) is 37.5 Å². The Kier molecular flexibility index (Phi) is 4.67. The summed E-state index contributed by atoms with van der Waals surface area (Å²) in [6.45, 7) is 5.69. The number of thiazole rings is 1. The van der Waals surface area contributed by atoms with Gasteiger partial charge in [0.25, 0.3) is 5.91 Å². The molecule has 1 aliphatic heterocycles. The van der Waals surface area contributed by atoms with E-state index < -0.39 is 23.5 Å². The van der Waals surface area contributed by atoms with Gasteiger partial charge in [-0.2, -0.15) is 0 Å². The lowest BCUT2D eigenvalue weighted by Crippen LogP contribution is -2.31. The fourth-order valence-corrected chi connectivity index (χ4v) is 5.21. The fraction of sp³-hybridized carbons (Fsp3) is 0.167. The highest BCUT2D eigenvalue weighted by Crippen LogP contribution is 2.44. The molecule has 32 heavy (non-hydrogen) atoms. The first-order valence-corrected chi connectivity index (χ1v) is 10.8. The van der Waals surface area contributed by atoms with Gasteiger partial charge in [-0.25, -0.2) is 4.98 Å². The zero-order valence-corrected chi connectivity index (χ0v) is 18.4. The number of aliphatic hydroxyl groups excluding tert-OH is 1. The maximum atomic E-state index is 13.3. The third-order valence-corrected chi connectivity index (χ3v) is 6.44. The average Bonchev–Trinajstić information content (AvgIpc) is 3.45. The van der Waals surface area contributed by atoms with E-state index in [0.717, 1.165) is 21.3 Å². The van der Waals surface area contributed by atoms with Crippen molar-refractivity contribution >= 4 is 38.4 Å². The van der Waals surface area contributed by atoms with E-state index in [9.17, 15) is 14.7 Å². The van der Waals surface area contributed by atoms with E-state index in [-0.39, 0.29) is 11.3 Å². The van der Waals surface area contributed by atoms with Gasteiger partial charge in [-0.3, -0.25) is 19.5 Å². The number of anilines is 1. The monoisotopic (exact) mass is 445 g/mol. The van der Waals surface area contributed by atoms with Crippen LogP contribution in [0.25, 0.3) is 10.2 Å². The lowest BCUT2D eigenvalue weighted by atomic mass is 9.96. The molecule has 4 heterocycles. The van der Waals surface area contributed by atoms with Gasteiger partial charge in [-0.15, -0.1) is 0 Å². The summed E-state index contributed by atoms with van der Waals surface area (Å²) < 4.78 is 6.42. The minimum Gasteiger partial charge on any atom is -0.503 e. The highest BCUT2D eigenvalue weighted by atomic mass is 32.1. The first kappa shape index (κ1) is 20.1. The SMILES string of the molecule is Cc1cc(C)c2nc(N3C(=O)C(O)=C(C(=O)c4ccc(C)o4)[C@@H]3c3cccnc3)sc2c1. The number of carbonyl (C=O) groups excluding carboxylic acids is 2. The molecule has 7 nitrogen and oxygen atoms in total. The number of aromatic nitrogens is 2. The molecule has 1 aromatic carbocycles. The predicted molar refractivity (Wildman–Crippen MR) is 121 cm³/mol. The van der Waals surface area contributed by atoms with Crippen molar-refractivity contribution in [2.45, 2.75) is 26.8 Å².